The summed E-state index contributed by atoms with van der Waals surface area (Å²) in [6.45, 7) is 6.73. The molecule has 1 heterocycles. The first kappa shape index (κ1) is 13.5. The second kappa shape index (κ2) is 5.39. The summed E-state index contributed by atoms with van der Waals surface area (Å²) in [6, 6.07) is 8.49. The average molecular weight is 256 g/mol. The third-order valence-corrected chi connectivity index (χ3v) is 2.86. The Bertz CT molecular complexity index is 541. The van der Waals surface area contributed by atoms with Crippen LogP contribution in [0.25, 0.3) is 11.3 Å². The van der Waals surface area contributed by atoms with Gasteiger partial charge < -0.3 is 4.74 Å². The van der Waals surface area contributed by atoms with E-state index in [2.05, 4.69) is 55.0 Å². The summed E-state index contributed by atoms with van der Waals surface area (Å²) in [5.74, 6) is 0.700. The first-order chi connectivity index (χ1) is 8.99. The average Bonchev–Trinajstić information content (AvgIpc) is 2.38. The minimum absolute atomic E-state index is 0.300. The van der Waals surface area contributed by atoms with Gasteiger partial charge in [-0.05, 0) is 17.4 Å². The first-order valence-electron chi connectivity index (χ1n) is 6.43. The van der Waals surface area contributed by atoms with Crippen LogP contribution in [-0.4, -0.2) is 17.1 Å². The summed E-state index contributed by atoms with van der Waals surface area (Å²) >= 11 is 0. The number of benzene rings is 1. The molecule has 3 nitrogen and oxygen atoms in total. The molecule has 0 amide bonds. The Balaban J connectivity index is 2.27. The van der Waals surface area contributed by atoms with E-state index < -0.39 is 0 Å². The number of hydrogen-bond donors (Lipinski definition) is 0. The van der Waals surface area contributed by atoms with E-state index in [1.165, 1.54) is 5.56 Å². The highest BCUT2D eigenvalue weighted by atomic mass is 16.5. The molecule has 0 aliphatic heterocycles. The summed E-state index contributed by atoms with van der Waals surface area (Å²) in [5, 5.41) is 0. The normalized spacial score (nSPS) is 11.4. The Kier molecular flexibility index (Phi) is 3.84. The molecule has 100 valence electrons. The van der Waals surface area contributed by atoms with Crippen LogP contribution in [-0.2, 0) is 6.42 Å². The van der Waals surface area contributed by atoms with Gasteiger partial charge in [-0.25, -0.2) is 9.97 Å². The van der Waals surface area contributed by atoms with Gasteiger partial charge in [-0.1, -0.05) is 45.0 Å². The van der Waals surface area contributed by atoms with Gasteiger partial charge >= 0.3 is 0 Å². The Morgan fingerprint density at radius 1 is 1.11 bits per heavy atom. The molecule has 0 aliphatic carbocycles. The Morgan fingerprint density at radius 2 is 1.79 bits per heavy atom. The highest BCUT2D eigenvalue weighted by Gasteiger charge is 2.12. The molecule has 2 rings (SSSR count). The maximum absolute atomic E-state index is 5.29. The fourth-order valence-corrected chi connectivity index (χ4v) is 2.08. The summed E-state index contributed by atoms with van der Waals surface area (Å²) in [6.07, 6.45) is 4.29. The predicted molar refractivity (Wildman–Crippen MR) is 77.2 cm³/mol. The van der Waals surface area contributed by atoms with Crippen LogP contribution >= 0.6 is 0 Å². The molecule has 1 aromatic carbocycles. The minimum Gasteiger partial charge on any atom is -0.493 e. The topological polar surface area (TPSA) is 35.0 Å². The van der Waals surface area contributed by atoms with Crippen LogP contribution in [0.1, 0.15) is 26.3 Å². The molecule has 0 aliphatic rings. The first-order valence-corrected chi connectivity index (χ1v) is 6.43. The molecular formula is C16H20N2O. The molecule has 0 spiro atoms. The molecule has 1 aromatic heterocycles. The van der Waals surface area contributed by atoms with Crippen molar-refractivity contribution in [3.63, 3.8) is 0 Å². The number of rotatable bonds is 3. The highest BCUT2D eigenvalue weighted by molar-refractivity contribution is 5.65. The van der Waals surface area contributed by atoms with E-state index in [9.17, 15) is 0 Å². The van der Waals surface area contributed by atoms with Gasteiger partial charge in [0, 0.05) is 5.56 Å². The van der Waals surface area contributed by atoms with Gasteiger partial charge in [0.1, 0.15) is 12.0 Å². The van der Waals surface area contributed by atoms with Crippen molar-refractivity contribution in [2.45, 2.75) is 27.2 Å². The Morgan fingerprint density at radius 3 is 2.37 bits per heavy atom. The van der Waals surface area contributed by atoms with Crippen LogP contribution in [0.5, 0.6) is 5.75 Å². The zero-order valence-electron chi connectivity index (χ0n) is 12.0. The second-order valence-corrected chi connectivity index (χ2v) is 5.87. The van der Waals surface area contributed by atoms with E-state index in [4.69, 9.17) is 4.74 Å². The maximum atomic E-state index is 5.29. The molecule has 19 heavy (non-hydrogen) atoms. The number of hydrogen-bond acceptors (Lipinski definition) is 3. The smallest absolute Gasteiger partial charge is 0.163 e. The molecule has 0 atom stereocenters. The van der Waals surface area contributed by atoms with E-state index in [-0.39, 0.29) is 0 Å². The molecule has 2 aromatic rings. The number of nitrogens with zero attached hydrogens (tertiary/aromatic N) is 2. The van der Waals surface area contributed by atoms with Gasteiger partial charge in [-0.2, -0.15) is 0 Å². The fraction of sp³-hybridized carbons (Fsp3) is 0.375. The van der Waals surface area contributed by atoms with Crippen molar-refractivity contribution < 1.29 is 4.74 Å². The fourth-order valence-electron chi connectivity index (χ4n) is 2.08. The molecule has 0 radical (unpaired) electrons. The van der Waals surface area contributed by atoms with E-state index in [1.807, 2.05) is 0 Å². The number of methoxy groups -OCH3 is 1. The zero-order valence-corrected chi connectivity index (χ0v) is 12.0. The quantitative estimate of drug-likeness (QED) is 0.839. The van der Waals surface area contributed by atoms with Gasteiger partial charge in [0.05, 0.1) is 13.3 Å². The van der Waals surface area contributed by atoms with Crippen molar-refractivity contribution in [1.29, 1.82) is 0 Å². The van der Waals surface area contributed by atoms with E-state index in [0.29, 0.717) is 11.2 Å². The van der Waals surface area contributed by atoms with Crippen molar-refractivity contribution in [3.8, 4) is 17.0 Å². The molecule has 0 fully saturated rings. The second-order valence-electron chi connectivity index (χ2n) is 5.87. The van der Waals surface area contributed by atoms with Crippen LogP contribution in [0.3, 0.4) is 0 Å². The Hall–Kier alpha value is -1.90. The maximum Gasteiger partial charge on any atom is 0.163 e. The third kappa shape index (κ3) is 3.53. The van der Waals surface area contributed by atoms with Crippen LogP contribution in [0, 0.1) is 5.41 Å². The van der Waals surface area contributed by atoms with Gasteiger partial charge in [0.2, 0.25) is 0 Å². The van der Waals surface area contributed by atoms with E-state index in [0.717, 1.165) is 17.7 Å². The Labute approximate surface area is 114 Å². The number of ether oxygens (including phenoxy) is 1. The molecular weight excluding hydrogens is 236 g/mol. The van der Waals surface area contributed by atoms with Crippen LogP contribution < -0.4 is 4.74 Å². The number of aromatic nitrogens is 2. The monoisotopic (exact) mass is 256 g/mol. The standard InChI is InChI=1S/C16H20N2O/c1-16(2,3)9-12-5-7-13(8-6-12)15-14(19-4)10-17-11-18-15/h5-8,10-11H,9H2,1-4H3. The molecule has 0 bridgehead atoms. The van der Waals surface area contributed by atoms with E-state index >= 15 is 0 Å². The third-order valence-electron chi connectivity index (χ3n) is 2.86. The van der Waals surface area contributed by atoms with E-state index in [1.54, 1.807) is 19.6 Å². The minimum atomic E-state index is 0.300. The summed E-state index contributed by atoms with van der Waals surface area (Å²) in [5.41, 5.74) is 3.52. The summed E-state index contributed by atoms with van der Waals surface area (Å²) in [7, 11) is 1.64. The van der Waals surface area contributed by atoms with Crippen molar-refractivity contribution >= 4 is 0 Å². The van der Waals surface area contributed by atoms with Crippen molar-refractivity contribution in [3.05, 3.63) is 42.4 Å². The molecule has 0 saturated carbocycles. The lowest BCUT2D eigenvalue weighted by Crippen LogP contribution is -2.08. The lowest BCUT2D eigenvalue weighted by molar-refractivity contribution is 0.411. The largest absolute Gasteiger partial charge is 0.493 e. The molecule has 0 N–H and O–H groups in total. The highest BCUT2D eigenvalue weighted by Crippen LogP contribution is 2.28. The van der Waals surface area contributed by atoms with Gasteiger partial charge in [-0.3, -0.25) is 0 Å². The van der Waals surface area contributed by atoms with Gasteiger partial charge in [0.15, 0.2) is 5.75 Å². The summed E-state index contributed by atoms with van der Waals surface area (Å²) < 4.78 is 5.29. The summed E-state index contributed by atoms with van der Waals surface area (Å²) in [4.78, 5) is 8.26. The lowest BCUT2D eigenvalue weighted by Gasteiger charge is -2.18. The van der Waals surface area contributed by atoms with Crippen LogP contribution in [0.15, 0.2) is 36.8 Å². The van der Waals surface area contributed by atoms with Crippen molar-refractivity contribution in [2.75, 3.05) is 7.11 Å². The van der Waals surface area contributed by atoms with Crippen LogP contribution in [0.2, 0.25) is 0 Å². The zero-order chi connectivity index (χ0) is 13.9. The molecule has 0 unspecified atom stereocenters. The predicted octanol–water partition coefficient (Wildman–Crippen LogP) is 3.74. The van der Waals surface area contributed by atoms with Gasteiger partial charge in [0.25, 0.3) is 0 Å². The SMILES string of the molecule is COc1cncnc1-c1ccc(CC(C)(C)C)cc1. The van der Waals surface area contributed by atoms with Crippen LogP contribution in [0.4, 0.5) is 0 Å². The van der Waals surface area contributed by atoms with Gasteiger partial charge in [-0.15, -0.1) is 0 Å². The van der Waals surface area contributed by atoms with Crippen molar-refractivity contribution in [2.24, 2.45) is 5.41 Å². The lowest BCUT2D eigenvalue weighted by atomic mass is 9.88. The molecule has 0 saturated heterocycles. The van der Waals surface area contributed by atoms with Crippen molar-refractivity contribution in [1.82, 2.24) is 9.97 Å². The molecule has 3 heteroatoms.